The number of ether oxygens (including phenoxy) is 2. The fourth-order valence-electron chi connectivity index (χ4n) is 2.47. The lowest BCUT2D eigenvalue weighted by Gasteiger charge is -2.04. The summed E-state index contributed by atoms with van der Waals surface area (Å²) in [6.07, 6.45) is 2.10. The van der Waals surface area contributed by atoms with E-state index in [4.69, 9.17) is 21.1 Å². The molecule has 0 N–H and O–H groups in total. The molecule has 2 aromatic carbocycles. The van der Waals surface area contributed by atoms with Gasteiger partial charge in [-0.05, 0) is 42.3 Å². The van der Waals surface area contributed by atoms with Crippen molar-refractivity contribution in [1.82, 2.24) is 0 Å². The molecule has 0 atom stereocenters. The molecule has 0 spiro atoms. The van der Waals surface area contributed by atoms with E-state index in [0.717, 1.165) is 22.9 Å². The Morgan fingerprint density at radius 3 is 2.50 bits per heavy atom. The van der Waals surface area contributed by atoms with Crippen LogP contribution in [0.15, 0.2) is 42.5 Å². The maximum absolute atomic E-state index is 12.4. The third-order valence-corrected chi connectivity index (χ3v) is 5.35. The zero-order chi connectivity index (χ0) is 17.1. The van der Waals surface area contributed by atoms with Crippen LogP contribution in [0.25, 0.3) is 10.1 Å². The Labute approximate surface area is 149 Å². The van der Waals surface area contributed by atoms with Gasteiger partial charge in [-0.1, -0.05) is 37.1 Å². The van der Waals surface area contributed by atoms with Crippen molar-refractivity contribution in [2.24, 2.45) is 0 Å². The molecule has 0 aliphatic heterocycles. The number of benzene rings is 2. The number of methoxy groups -OCH3 is 1. The van der Waals surface area contributed by atoms with Gasteiger partial charge in [-0.15, -0.1) is 11.3 Å². The average molecular weight is 361 g/mol. The van der Waals surface area contributed by atoms with E-state index in [1.54, 1.807) is 7.11 Å². The minimum Gasteiger partial charge on any atom is -0.497 e. The highest BCUT2D eigenvalue weighted by atomic mass is 35.5. The zero-order valence-corrected chi connectivity index (χ0v) is 15.0. The SMILES string of the molecule is CCCc1ccc(OC(=O)c2sc3ccc(OC)cc3c2Cl)cc1. The summed E-state index contributed by atoms with van der Waals surface area (Å²) in [5, 5.41) is 1.20. The maximum Gasteiger partial charge on any atom is 0.355 e. The number of carbonyl (C=O) groups excluding carboxylic acids is 1. The molecular weight excluding hydrogens is 344 g/mol. The smallest absolute Gasteiger partial charge is 0.355 e. The Balaban J connectivity index is 1.84. The van der Waals surface area contributed by atoms with Crippen molar-refractivity contribution in [2.45, 2.75) is 19.8 Å². The van der Waals surface area contributed by atoms with E-state index in [-0.39, 0.29) is 0 Å². The number of aryl methyl sites for hydroxylation is 1. The normalized spacial score (nSPS) is 10.8. The van der Waals surface area contributed by atoms with Crippen LogP contribution in [0.5, 0.6) is 11.5 Å². The van der Waals surface area contributed by atoms with Gasteiger partial charge in [0, 0.05) is 10.1 Å². The van der Waals surface area contributed by atoms with Gasteiger partial charge in [0.05, 0.1) is 12.1 Å². The lowest BCUT2D eigenvalue weighted by atomic mass is 10.1. The van der Waals surface area contributed by atoms with Crippen molar-refractivity contribution in [1.29, 1.82) is 0 Å². The molecule has 0 aliphatic rings. The molecule has 124 valence electrons. The lowest BCUT2D eigenvalue weighted by Crippen LogP contribution is -2.06. The predicted octanol–water partition coefficient (Wildman–Crippen LogP) is 5.74. The summed E-state index contributed by atoms with van der Waals surface area (Å²) in [6, 6.07) is 13.1. The summed E-state index contributed by atoms with van der Waals surface area (Å²) in [5.74, 6) is 0.781. The minimum absolute atomic E-state index is 0.401. The van der Waals surface area contributed by atoms with E-state index in [1.807, 2.05) is 42.5 Å². The third-order valence-electron chi connectivity index (χ3n) is 3.69. The highest BCUT2D eigenvalue weighted by Crippen LogP contribution is 2.37. The van der Waals surface area contributed by atoms with Crippen molar-refractivity contribution in [3.8, 4) is 11.5 Å². The van der Waals surface area contributed by atoms with Crippen LogP contribution in [0, 0.1) is 0 Å². The van der Waals surface area contributed by atoms with Gasteiger partial charge in [0.25, 0.3) is 0 Å². The molecule has 0 aliphatic carbocycles. The topological polar surface area (TPSA) is 35.5 Å². The second-order valence-corrected chi connectivity index (χ2v) is 6.82. The fourth-order valence-corrected chi connectivity index (χ4v) is 3.83. The molecule has 0 unspecified atom stereocenters. The molecule has 0 fully saturated rings. The summed E-state index contributed by atoms with van der Waals surface area (Å²) in [5.41, 5.74) is 1.23. The van der Waals surface area contributed by atoms with Gasteiger partial charge in [-0.3, -0.25) is 0 Å². The van der Waals surface area contributed by atoms with Crippen molar-refractivity contribution in [3.63, 3.8) is 0 Å². The number of carbonyl (C=O) groups is 1. The van der Waals surface area contributed by atoms with Crippen LogP contribution in [0.3, 0.4) is 0 Å². The number of halogens is 1. The minimum atomic E-state index is -0.441. The molecule has 3 nitrogen and oxygen atoms in total. The molecule has 0 bridgehead atoms. The van der Waals surface area contributed by atoms with Crippen molar-refractivity contribution < 1.29 is 14.3 Å². The molecule has 1 aromatic heterocycles. The van der Waals surface area contributed by atoms with E-state index >= 15 is 0 Å². The first kappa shape index (κ1) is 16.8. The largest absolute Gasteiger partial charge is 0.497 e. The number of rotatable bonds is 5. The molecule has 0 saturated heterocycles. The van der Waals surface area contributed by atoms with E-state index < -0.39 is 5.97 Å². The molecule has 1 heterocycles. The standard InChI is InChI=1S/C19H17ClO3S/c1-3-4-12-5-7-13(8-6-12)23-19(21)18-17(20)15-11-14(22-2)9-10-16(15)24-18/h5-11H,3-4H2,1-2H3. The first-order valence-corrected chi connectivity index (χ1v) is 8.89. The summed E-state index contributed by atoms with van der Waals surface area (Å²) in [7, 11) is 1.60. The van der Waals surface area contributed by atoms with Crippen molar-refractivity contribution >= 4 is 39.0 Å². The second-order valence-electron chi connectivity index (χ2n) is 5.39. The first-order valence-electron chi connectivity index (χ1n) is 7.69. The molecular formula is C19H17ClO3S. The summed E-state index contributed by atoms with van der Waals surface area (Å²) in [4.78, 5) is 12.8. The Morgan fingerprint density at radius 2 is 1.83 bits per heavy atom. The Bertz CT molecular complexity index is 868. The monoisotopic (exact) mass is 360 g/mol. The van der Waals surface area contributed by atoms with Gasteiger partial charge >= 0.3 is 5.97 Å². The van der Waals surface area contributed by atoms with Gasteiger partial charge in [0.2, 0.25) is 0 Å². The summed E-state index contributed by atoms with van der Waals surface area (Å²) < 4.78 is 11.6. The van der Waals surface area contributed by atoms with Gasteiger partial charge in [0.15, 0.2) is 0 Å². The summed E-state index contributed by atoms with van der Waals surface area (Å²) in [6.45, 7) is 2.13. The second kappa shape index (κ2) is 7.24. The molecule has 0 amide bonds. The first-order chi connectivity index (χ1) is 11.6. The van der Waals surface area contributed by atoms with Gasteiger partial charge in [-0.25, -0.2) is 4.79 Å². The molecule has 3 rings (SSSR count). The molecule has 0 saturated carbocycles. The third kappa shape index (κ3) is 3.40. The van der Waals surface area contributed by atoms with Crippen LogP contribution in [0.1, 0.15) is 28.6 Å². The molecule has 5 heteroatoms. The van der Waals surface area contributed by atoms with E-state index in [1.165, 1.54) is 16.9 Å². The van der Waals surface area contributed by atoms with Gasteiger partial charge in [0.1, 0.15) is 16.4 Å². The number of esters is 1. The van der Waals surface area contributed by atoms with Crippen LogP contribution < -0.4 is 9.47 Å². The van der Waals surface area contributed by atoms with Crippen molar-refractivity contribution in [2.75, 3.05) is 7.11 Å². The molecule has 3 aromatic rings. The molecule has 0 radical (unpaired) electrons. The Kier molecular flexibility index (Phi) is 5.07. The fraction of sp³-hybridized carbons (Fsp3) is 0.211. The predicted molar refractivity (Wildman–Crippen MR) is 98.8 cm³/mol. The van der Waals surface area contributed by atoms with Crippen molar-refractivity contribution in [3.05, 3.63) is 57.9 Å². The van der Waals surface area contributed by atoms with E-state index in [2.05, 4.69) is 6.92 Å². The zero-order valence-electron chi connectivity index (χ0n) is 13.5. The van der Waals surface area contributed by atoms with Crippen LogP contribution in [0.2, 0.25) is 5.02 Å². The average Bonchev–Trinajstić information content (AvgIpc) is 2.93. The maximum atomic E-state index is 12.4. The Morgan fingerprint density at radius 1 is 1.12 bits per heavy atom. The van der Waals surface area contributed by atoms with Gasteiger partial charge in [-0.2, -0.15) is 0 Å². The number of thiophene rings is 1. The van der Waals surface area contributed by atoms with Gasteiger partial charge < -0.3 is 9.47 Å². The van der Waals surface area contributed by atoms with Crippen LogP contribution >= 0.6 is 22.9 Å². The number of hydrogen-bond acceptors (Lipinski definition) is 4. The van der Waals surface area contributed by atoms with E-state index in [0.29, 0.717) is 21.4 Å². The highest BCUT2D eigenvalue weighted by Gasteiger charge is 2.19. The highest BCUT2D eigenvalue weighted by molar-refractivity contribution is 7.21. The lowest BCUT2D eigenvalue weighted by molar-refractivity contribution is 0.0740. The van der Waals surface area contributed by atoms with Crippen LogP contribution in [0.4, 0.5) is 0 Å². The Hall–Kier alpha value is -2.04. The number of hydrogen-bond donors (Lipinski definition) is 0. The number of fused-ring (bicyclic) bond motifs is 1. The summed E-state index contributed by atoms with van der Waals surface area (Å²) >= 11 is 7.69. The van der Waals surface area contributed by atoms with Crippen LogP contribution in [-0.2, 0) is 6.42 Å². The van der Waals surface area contributed by atoms with Crippen LogP contribution in [-0.4, -0.2) is 13.1 Å². The molecule has 24 heavy (non-hydrogen) atoms. The quantitative estimate of drug-likeness (QED) is 0.430. The van der Waals surface area contributed by atoms with E-state index in [9.17, 15) is 4.79 Å².